The first kappa shape index (κ1) is 16.3. The third-order valence-corrected chi connectivity index (χ3v) is 3.13. The van der Waals surface area contributed by atoms with Crippen molar-refractivity contribution in [3.05, 3.63) is 12.2 Å². The van der Waals surface area contributed by atoms with Gasteiger partial charge in [0.25, 0.3) is 0 Å². The maximum atomic E-state index is 5.17. The summed E-state index contributed by atoms with van der Waals surface area (Å²) in [6.07, 6.45) is 25.6. The predicted molar refractivity (Wildman–Crippen MR) is 79.1 cm³/mol. The topological polar surface area (TPSA) is 0 Å². The molecule has 0 saturated carbocycles. The first-order valence-corrected chi connectivity index (χ1v) is 7.50. The molecule has 0 unspecified atom stereocenters. The smallest absolute Gasteiger partial charge is 0.0267 e. The van der Waals surface area contributed by atoms with Crippen LogP contribution < -0.4 is 0 Å². The molecular formula is C17H30. The minimum atomic E-state index is 0.789. The fourth-order valence-electron chi connectivity index (χ4n) is 2.02. The first-order chi connectivity index (χ1) is 8.41. The summed E-state index contributed by atoms with van der Waals surface area (Å²) in [6, 6.07) is 0. The summed E-state index contributed by atoms with van der Waals surface area (Å²) < 4.78 is 0. The second-order valence-corrected chi connectivity index (χ2v) is 4.85. The second kappa shape index (κ2) is 15.3. The molecule has 0 aliphatic carbocycles. The van der Waals surface area contributed by atoms with Gasteiger partial charge < -0.3 is 0 Å². The van der Waals surface area contributed by atoms with Gasteiger partial charge >= 0.3 is 0 Å². The lowest BCUT2D eigenvalue weighted by molar-refractivity contribution is 0.557. The van der Waals surface area contributed by atoms with Crippen LogP contribution in [0.5, 0.6) is 0 Å². The molecule has 0 bridgehead atoms. The van der Waals surface area contributed by atoms with E-state index in [-0.39, 0.29) is 0 Å². The van der Waals surface area contributed by atoms with Crippen LogP contribution in [0.4, 0.5) is 0 Å². The predicted octanol–water partition coefficient (Wildman–Crippen LogP) is 5.88. The number of hydrogen-bond acceptors (Lipinski definition) is 0. The number of rotatable bonds is 12. The van der Waals surface area contributed by atoms with Crippen molar-refractivity contribution < 1.29 is 0 Å². The number of unbranched alkanes of at least 4 members (excludes halogenated alkanes) is 10. The summed E-state index contributed by atoms with van der Waals surface area (Å²) >= 11 is 0. The summed E-state index contributed by atoms with van der Waals surface area (Å²) in [5.74, 6) is 2.62. The van der Waals surface area contributed by atoms with E-state index in [1.165, 1.54) is 70.6 Å². The number of allylic oxidation sites excluding steroid dienone is 2. The molecule has 0 radical (unpaired) electrons. The van der Waals surface area contributed by atoms with Crippen LogP contribution in [0.25, 0.3) is 0 Å². The van der Waals surface area contributed by atoms with Crippen molar-refractivity contribution in [2.75, 3.05) is 0 Å². The van der Waals surface area contributed by atoms with Crippen molar-refractivity contribution in [3.63, 3.8) is 0 Å². The lowest BCUT2D eigenvalue weighted by Gasteiger charge is -2.01. The zero-order chi connectivity index (χ0) is 12.6. The van der Waals surface area contributed by atoms with E-state index in [4.69, 9.17) is 6.42 Å². The summed E-state index contributed by atoms with van der Waals surface area (Å²) in [4.78, 5) is 0. The molecule has 0 saturated heterocycles. The van der Waals surface area contributed by atoms with E-state index in [1.54, 1.807) is 0 Å². The molecule has 0 spiro atoms. The molecule has 0 fully saturated rings. The zero-order valence-electron chi connectivity index (χ0n) is 11.7. The van der Waals surface area contributed by atoms with E-state index < -0.39 is 0 Å². The third-order valence-electron chi connectivity index (χ3n) is 3.13. The first-order valence-electron chi connectivity index (χ1n) is 7.50. The maximum absolute atomic E-state index is 5.17. The van der Waals surface area contributed by atoms with Crippen LogP contribution in [-0.4, -0.2) is 0 Å². The Labute approximate surface area is 109 Å². The largest absolute Gasteiger partial charge is 0.120 e. The highest BCUT2D eigenvalue weighted by atomic mass is 14.0. The summed E-state index contributed by atoms with van der Waals surface area (Å²) in [5, 5.41) is 0. The lowest BCUT2D eigenvalue weighted by atomic mass is 10.1. The molecule has 0 aromatic rings. The molecule has 0 amide bonds. The molecule has 0 aromatic heterocycles. The summed E-state index contributed by atoms with van der Waals surface area (Å²) in [7, 11) is 0. The fraction of sp³-hybridized carbons (Fsp3) is 0.765. The van der Waals surface area contributed by atoms with Gasteiger partial charge in [0.2, 0.25) is 0 Å². The van der Waals surface area contributed by atoms with Gasteiger partial charge in [0.05, 0.1) is 0 Å². The van der Waals surface area contributed by atoms with E-state index in [9.17, 15) is 0 Å². The van der Waals surface area contributed by atoms with Crippen LogP contribution in [0, 0.1) is 12.3 Å². The molecular weight excluding hydrogens is 204 g/mol. The van der Waals surface area contributed by atoms with Gasteiger partial charge in [0, 0.05) is 6.42 Å². The molecule has 0 atom stereocenters. The fourth-order valence-corrected chi connectivity index (χ4v) is 2.02. The minimum Gasteiger partial charge on any atom is -0.120 e. The van der Waals surface area contributed by atoms with Crippen LogP contribution in [-0.2, 0) is 0 Å². The van der Waals surface area contributed by atoms with Gasteiger partial charge in [-0.15, -0.1) is 12.3 Å². The molecule has 98 valence electrons. The molecule has 0 nitrogen and oxygen atoms in total. The van der Waals surface area contributed by atoms with Crippen LogP contribution in [0.3, 0.4) is 0 Å². The van der Waals surface area contributed by atoms with E-state index in [0.717, 1.165) is 6.42 Å². The Morgan fingerprint density at radius 3 is 1.82 bits per heavy atom. The molecule has 0 rings (SSSR count). The van der Waals surface area contributed by atoms with Crippen molar-refractivity contribution in [1.82, 2.24) is 0 Å². The second-order valence-electron chi connectivity index (χ2n) is 4.85. The van der Waals surface area contributed by atoms with E-state index in [2.05, 4.69) is 25.0 Å². The normalized spacial score (nSPS) is 10.8. The Kier molecular flexibility index (Phi) is 14.7. The average molecular weight is 234 g/mol. The number of terminal acetylenes is 1. The monoisotopic (exact) mass is 234 g/mol. The van der Waals surface area contributed by atoms with Crippen molar-refractivity contribution in [1.29, 1.82) is 0 Å². The van der Waals surface area contributed by atoms with Gasteiger partial charge in [-0.2, -0.15) is 0 Å². The molecule has 0 heteroatoms. The minimum absolute atomic E-state index is 0.789. The molecule has 0 heterocycles. The van der Waals surface area contributed by atoms with Crippen LogP contribution in [0.1, 0.15) is 84.0 Å². The molecule has 0 aromatic carbocycles. The molecule has 0 N–H and O–H groups in total. The van der Waals surface area contributed by atoms with Gasteiger partial charge in [-0.3, -0.25) is 0 Å². The third kappa shape index (κ3) is 15.3. The van der Waals surface area contributed by atoms with Crippen molar-refractivity contribution in [2.45, 2.75) is 84.0 Å². The Balaban J connectivity index is 2.96. The quantitative estimate of drug-likeness (QED) is 0.225. The van der Waals surface area contributed by atoms with Crippen LogP contribution in [0.15, 0.2) is 12.2 Å². The van der Waals surface area contributed by atoms with Crippen LogP contribution in [0.2, 0.25) is 0 Å². The Morgan fingerprint density at radius 2 is 1.29 bits per heavy atom. The lowest BCUT2D eigenvalue weighted by Crippen LogP contribution is -1.81. The Hall–Kier alpha value is -0.700. The van der Waals surface area contributed by atoms with Gasteiger partial charge in [-0.1, -0.05) is 76.9 Å². The number of hydrogen-bond donors (Lipinski definition) is 0. The van der Waals surface area contributed by atoms with E-state index >= 15 is 0 Å². The van der Waals surface area contributed by atoms with Crippen LogP contribution >= 0.6 is 0 Å². The molecule has 17 heavy (non-hydrogen) atoms. The van der Waals surface area contributed by atoms with Gasteiger partial charge in [-0.05, 0) is 12.8 Å². The highest BCUT2D eigenvalue weighted by Gasteiger charge is 1.91. The highest BCUT2D eigenvalue weighted by molar-refractivity contribution is 4.96. The van der Waals surface area contributed by atoms with Crippen molar-refractivity contribution in [2.24, 2.45) is 0 Å². The summed E-state index contributed by atoms with van der Waals surface area (Å²) in [6.45, 7) is 2.28. The standard InChI is InChI=1S/C17H30/c1-3-5-7-9-11-13-15-17-16-14-12-10-8-6-4-2/h1,7,9H,4-6,8,10-17H2,2H3/b9-7+. The van der Waals surface area contributed by atoms with Gasteiger partial charge in [0.1, 0.15) is 0 Å². The Bertz CT molecular complexity index is 195. The van der Waals surface area contributed by atoms with Gasteiger partial charge in [-0.25, -0.2) is 0 Å². The van der Waals surface area contributed by atoms with Crippen molar-refractivity contribution in [3.8, 4) is 12.3 Å². The zero-order valence-corrected chi connectivity index (χ0v) is 11.7. The van der Waals surface area contributed by atoms with E-state index in [1.807, 2.05) is 0 Å². The average Bonchev–Trinajstić information content (AvgIpc) is 2.35. The molecule has 0 aliphatic rings. The SMILES string of the molecule is C#CC/C=C/CCCCCCCCCCCC. The molecule has 0 aliphatic heterocycles. The van der Waals surface area contributed by atoms with E-state index in [0.29, 0.717) is 0 Å². The maximum Gasteiger partial charge on any atom is 0.0267 e. The van der Waals surface area contributed by atoms with Crippen molar-refractivity contribution >= 4 is 0 Å². The summed E-state index contributed by atoms with van der Waals surface area (Å²) in [5.41, 5.74) is 0. The van der Waals surface area contributed by atoms with Gasteiger partial charge in [0.15, 0.2) is 0 Å². The highest BCUT2D eigenvalue weighted by Crippen LogP contribution is 2.11. The Morgan fingerprint density at radius 1 is 0.765 bits per heavy atom.